The van der Waals surface area contributed by atoms with Crippen molar-refractivity contribution >= 4 is 11.8 Å². The van der Waals surface area contributed by atoms with Crippen LogP contribution in [0.3, 0.4) is 0 Å². The van der Waals surface area contributed by atoms with E-state index in [1.54, 1.807) is 21.0 Å². The first-order valence-corrected chi connectivity index (χ1v) is 5.67. The Bertz CT molecular complexity index is 241. The van der Waals surface area contributed by atoms with Crippen LogP contribution in [0.1, 0.15) is 33.1 Å². The molecule has 0 aliphatic rings. The van der Waals surface area contributed by atoms with E-state index in [2.05, 4.69) is 5.32 Å². The number of amides is 2. The average molecular weight is 229 g/mol. The molecule has 0 saturated heterocycles. The number of likely N-dealkylation sites (N-methyl/N-ethyl adjacent to an activating group) is 1. The zero-order valence-electron chi connectivity index (χ0n) is 10.6. The predicted molar refractivity (Wildman–Crippen MR) is 63.8 cm³/mol. The van der Waals surface area contributed by atoms with Gasteiger partial charge in [-0.3, -0.25) is 9.59 Å². The Morgan fingerprint density at radius 1 is 1.38 bits per heavy atom. The molecule has 2 atom stereocenters. The van der Waals surface area contributed by atoms with Crippen LogP contribution in [-0.2, 0) is 9.59 Å². The molecule has 0 aliphatic heterocycles. The van der Waals surface area contributed by atoms with E-state index in [9.17, 15) is 9.59 Å². The molecule has 0 bridgehead atoms. The lowest BCUT2D eigenvalue weighted by Crippen LogP contribution is -2.49. The summed E-state index contributed by atoms with van der Waals surface area (Å²) in [6.07, 6.45) is 2.59. The van der Waals surface area contributed by atoms with E-state index >= 15 is 0 Å². The SMILES string of the molecule is CCCCC(N)C(=O)NC(C)C(=O)N(C)C. The Labute approximate surface area is 97.4 Å². The molecule has 0 spiro atoms. The molecule has 0 aromatic rings. The molecule has 5 nitrogen and oxygen atoms in total. The summed E-state index contributed by atoms with van der Waals surface area (Å²) in [7, 11) is 3.31. The second-order valence-corrected chi connectivity index (χ2v) is 4.21. The highest BCUT2D eigenvalue weighted by molar-refractivity contribution is 5.89. The van der Waals surface area contributed by atoms with E-state index in [1.807, 2.05) is 6.92 Å². The molecular formula is C11H23N3O2. The standard InChI is InChI=1S/C11H23N3O2/c1-5-6-7-9(12)10(15)13-8(2)11(16)14(3)4/h8-9H,5-7,12H2,1-4H3,(H,13,15). The molecule has 94 valence electrons. The summed E-state index contributed by atoms with van der Waals surface area (Å²) in [5, 5.41) is 2.61. The van der Waals surface area contributed by atoms with Crippen LogP contribution in [0.5, 0.6) is 0 Å². The minimum atomic E-state index is -0.518. The highest BCUT2D eigenvalue weighted by atomic mass is 16.2. The maximum Gasteiger partial charge on any atom is 0.244 e. The van der Waals surface area contributed by atoms with Gasteiger partial charge in [-0.05, 0) is 13.3 Å². The number of nitrogens with one attached hydrogen (secondary N) is 1. The normalized spacial score (nSPS) is 14.1. The third-order valence-electron chi connectivity index (χ3n) is 2.38. The van der Waals surface area contributed by atoms with Gasteiger partial charge in [0.2, 0.25) is 11.8 Å². The van der Waals surface area contributed by atoms with Gasteiger partial charge in [-0.1, -0.05) is 19.8 Å². The van der Waals surface area contributed by atoms with E-state index in [0.717, 1.165) is 12.8 Å². The molecular weight excluding hydrogens is 206 g/mol. The number of unbranched alkanes of at least 4 members (excludes halogenated alkanes) is 1. The van der Waals surface area contributed by atoms with Crippen molar-refractivity contribution in [2.45, 2.75) is 45.2 Å². The number of carbonyl (C=O) groups is 2. The first-order chi connectivity index (χ1) is 7.40. The number of nitrogens with two attached hydrogens (primary N) is 1. The first kappa shape index (κ1) is 14.9. The number of nitrogens with zero attached hydrogens (tertiary/aromatic N) is 1. The summed E-state index contributed by atoms with van der Waals surface area (Å²) >= 11 is 0. The molecule has 2 amide bonds. The van der Waals surface area contributed by atoms with Gasteiger partial charge < -0.3 is 16.0 Å². The van der Waals surface area contributed by atoms with E-state index in [0.29, 0.717) is 6.42 Å². The lowest BCUT2D eigenvalue weighted by atomic mass is 10.1. The van der Waals surface area contributed by atoms with Crippen molar-refractivity contribution < 1.29 is 9.59 Å². The van der Waals surface area contributed by atoms with Gasteiger partial charge in [-0.15, -0.1) is 0 Å². The average Bonchev–Trinajstić information content (AvgIpc) is 2.24. The van der Waals surface area contributed by atoms with Crippen LogP contribution in [0.15, 0.2) is 0 Å². The van der Waals surface area contributed by atoms with Gasteiger partial charge >= 0.3 is 0 Å². The molecule has 0 aromatic heterocycles. The van der Waals surface area contributed by atoms with E-state index < -0.39 is 12.1 Å². The van der Waals surface area contributed by atoms with E-state index in [1.165, 1.54) is 4.90 Å². The highest BCUT2D eigenvalue weighted by Gasteiger charge is 2.20. The van der Waals surface area contributed by atoms with Crippen molar-refractivity contribution in [3.05, 3.63) is 0 Å². The summed E-state index contributed by atoms with van der Waals surface area (Å²) in [6, 6.07) is -1.03. The molecule has 0 fully saturated rings. The van der Waals surface area contributed by atoms with Crippen molar-refractivity contribution in [3.8, 4) is 0 Å². The molecule has 5 heteroatoms. The molecule has 0 aromatic carbocycles. The van der Waals surface area contributed by atoms with Crippen LogP contribution in [0, 0.1) is 0 Å². The Kier molecular flexibility index (Phi) is 6.72. The molecule has 2 unspecified atom stereocenters. The van der Waals surface area contributed by atoms with E-state index in [4.69, 9.17) is 5.73 Å². The van der Waals surface area contributed by atoms with Gasteiger partial charge in [0.05, 0.1) is 6.04 Å². The third kappa shape index (κ3) is 5.11. The lowest BCUT2D eigenvalue weighted by molar-refractivity contribution is -0.134. The fourth-order valence-corrected chi connectivity index (χ4v) is 1.32. The van der Waals surface area contributed by atoms with Gasteiger partial charge in [0.15, 0.2) is 0 Å². The van der Waals surface area contributed by atoms with Crippen molar-refractivity contribution in [2.75, 3.05) is 14.1 Å². The molecule has 0 heterocycles. The number of carbonyl (C=O) groups excluding carboxylic acids is 2. The Hall–Kier alpha value is -1.10. The van der Waals surface area contributed by atoms with Crippen molar-refractivity contribution in [1.29, 1.82) is 0 Å². The zero-order valence-corrected chi connectivity index (χ0v) is 10.6. The van der Waals surface area contributed by atoms with Gasteiger partial charge in [-0.2, -0.15) is 0 Å². The van der Waals surface area contributed by atoms with Gasteiger partial charge in [0, 0.05) is 14.1 Å². The van der Waals surface area contributed by atoms with Crippen LogP contribution in [0.2, 0.25) is 0 Å². The monoisotopic (exact) mass is 229 g/mol. The second kappa shape index (κ2) is 7.22. The molecule has 3 N–H and O–H groups in total. The maximum atomic E-state index is 11.6. The summed E-state index contributed by atoms with van der Waals surface area (Å²) in [6.45, 7) is 3.70. The molecule has 16 heavy (non-hydrogen) atoms. The second-order valence-electron chi connectivity index (χ2n) is 4.21. The quantitative estimate of drug-likeness (QED) is 0.678. The zero-order chi connectivity index (χ0) is 12.7. The van der Waals surface area contributed by atoms with Crippen LogP contribution >= 0.6 is 0 Å². The van der Waals surface area contributed by atoms with Crippen molar-refractivity contribution in [2.24, 2.45) is 5.73 Å². The third-order valence-corrected chi connectivity index (χ3v) is 2.38. The number of hydrogen-bond acceptors (Lipinski definition) is 3. The number of rotatable bonds is 6. The van der Waals surface area contributed by atoms with Gasteiger partial charge in [0.25, 0.3) is 0 Å². The van der Waals surface area contributed by atoms with Crippen LogP contribution in [0.4, 0.5) is 0 Å². The molecule has 0 radical (unpaired) electrons. The predicted octanol–water partition coefficient (Wildman–Crippen LogP) is 0.0968. The highest BCUT2D eigenvalue weighted by Crippen LogP contribution is 1.99. The summed E-state index contributed by atoms with van der Waals surface area (Å²) in [5.74, 6) is -0.382. The first-order valence-electron chi connectivity index (χ1n) is 5.67. The summed E-state index contributed by atoms with van der Waals surface area (Å²) in [4.78, 5) is 24.5. The van der Waals surface area contributed by atoms with E-state index in [-0.39, 0.29) is 11.8 Å². The van der Waals surface area contributed by atoms with Crippen LogP contribution in [0.25, 0.3) is 0 Å². The maximum absolute atomic E-state index is 11.6. The fraction of sp³-hybridized carbons (Fsp3) is 0.818. The van der Waals surface area contributed by atoms with Crippen LogP contribution < -0.4 is 11.1 Å². The molecule has 0 aliphatic carbocycles. The van der Waals surface area contributed by atoms with Crippen molar-refractivity contribution in [1.82, 2.24) is 10.2 Å². The summed E-state index contributed by atoms with van der Waals surface area (Å²) < 4.78 is 0. The molecule has 0 rings (SSSR count). The topological polar surface area (TPSA) is 75.4 Å². The lowest BCUT2D eigenvalue weighted by Gasteiger charge is -2.20. The van der Waals surface area contributed by atoms with Gasteiger partial charge in [0.1, 0.15) is 6.04 Å². The largest absolute Gasteiger partial charge is 0.347 e. The van der Waals surface area contributed by atoms with Crippen LogP contribution in [-0.4, -0.2) is 42.9 Å². The number of hydrogen-bond donors (Lipinski definition) is 2. The smallest absolute Gasteiger partial charge is 0.244 e. The fourth-order valence-electron chi connectivity index (χ4n) is 1.32. The molecule has 0 saturated carbocycles. The minimum Gasteiger partial charge on any atom is -0.347 e. The Morgan fingerprint density at radius 2 is 1.94 bits per heavy atom. The minimum absolute atomic E-state index is 0.129. The Balaban J connectivity index is 4.08. The summed E-state index contributed by atoms with van der Waals surface area (Å²) in [5.41, 5.74) is 5.69. The van der Waals surface area contributed by atoms with Crippen molar-refractivity contribution in [3.63, 3.8) is 0 Å². The van der Waals surface area contributed by atoms with Gasteiger partial charge in [-0.25, -0.2) is 0 Å². The Morgan fingerprint density at radius 3 is 2.38 bits per heavy atom.